The molecule has 19 heteroatoms. The summed E-state index contributed by atoms with van der Waals surface area (Å²) in [4.78, 5) is 73.3. The van der Waals surface area contributed by atoms with E-state index in [1.165, 1.54) is 64.2 Å². The quantitative estimate of drug-likeness (QED) is 0.0169. The van der Waals surface area contributed by atoms with Gasteiger partial charge in [-0.05, 0) is 167 Å². The zero-order valence-electron chi connectivity index (χ0n) is 69.4. The normalized spacial score (nSPS) is 14.4. The molecule has 0 aliphatic carbocycles. The lowest BCUT2D eigenvalue weighted by atomic mass is 10.1. The summed E-state index contributed by atoms with van der Waals surface area (Å²) in [5, 5.41) is 10.7. The van der Waals surface area contributed by atoms with Crippen molar-refractivity contribution in [2.24, 2.45) is 0 Å². The summed E-state index contributed by atoms with van der Waals surface area (Å²) in [5.41, 5.74) is 0. The first-order valence-corrected chi connectivity index (χ1v) is 46.4. The molecule has 0 aromatic rings. The third kappa shape index (κ3) is 81.2. The topological polar surface area (TPSA) is 237 Å². The van der Waals surface area contributed by atoms with Gasteiger partial charge in [0.15, 0.2) is 12.2 Å². The lowest BCUT2D eigenvalue weighted by Crippen LogP contribution is -2.30. The Bertz CT molecular complexity index is 2600. The van der Waals surface area contributed by atoms with Gasteiger partial charge in [0, 0.05) is 25.7 Å². The van der Waals surface area contributed by atoms with Crippen LogP contribution in [0.25, 0.3) is 0 Å². The predicted octanol–water partition coefficient (Wildman–Crippen LogP) is 26.0. The molecule has 0 aliphatic heterocycles. The molecule has 632 valence electrons. The molecule has 0 radical (unpaired) electrons. The molecule has 5 atom stereocenters. The van der Waals surface area contributed by atoms with Gasteiger partial charge in [-0.15, -0.1) is 0 Å². The number of hydrogen-bond acceptors (Lipinski definition) is 15. The second-order valence-electron chi connectivity index (χ2n) is 28.7. The maximum atomic E-state index is 13.2. The van der Waals surface area contributed by atoms with Gasteiger partial charge in [0.2, 0.25) is 0 Å². The van der Waals surface area contributed by atoms with Crippen LogP contribution in [0.1, 0.15) is 362 Å². The highest BCUT2D eigenvalue weighted by molar-refractivity contribution is 7.47. The summed E-state index contributed by atoms with van der Waals surface area (Å²) < 4.78 is 68.8. The number of phosphoric acid groups is 2. The van der Waals surface area contributed by atoms with Crippen LogP contribution >= 0.6 is 15.6 Å². The van der Waals surface area contributed by atoms with Crippen LogP contribution in [-0.4, -0.2) is 96.7 Å². The van der Waals surface area contributed by atoms with Gasteiger partial charge in [-0.3, -0.25) is 37.3 Å². The van der Waals surface area contributed by atoms with Crippen molar-refractivity contribution in [1.82, 2.24) is 0 Å². The number of allylic oxidation sites excluding steroid dienone is 22. The van der Waals surface area contributed by atoms with Crippen LogP contribution < -0.4 is 0 Å². The Morgan fingerprint density at radius 1 is 0.264 bits per heavy atom. The first-order valence-electron chi connectivity index (χ1n) is 43.4. The van der Waals surface area contributed by atoms with E-state index in [9.17, 15) is 43.2 Å². The minimum Gasteiger partial charge on any atom is -0.462 e. The van der Waals surface area contributed by atoms with Gasteiger partial charge >= 0.3 is 39.5 Å². The number of esters is 4. The Hall–Kier alpha value is -4.80. The van der Waals surface area contributed by atoms with E-state index in [-0.39, 0.29) is 25.7 Å². The highest BCUT2D eigenvalue weighted by atomic mass is 31.2. The van der Waals surface area contributed by atoms with Crippen LogP contribution in [0.3, 0.4) is 0 Å². The van der Waals surface area contributed by atoms with Gasteiger partial charge in [-0.2, -0.15) is 0 Å². The van der Waals surface area contributed by atoms with Crippen LogP contribution in [0.2, 0.25) is 0 Å². The number of aliphatic hydroxyl groups is 1. The molecule has 0 heterocycles. The SMILES string of the molecule is CC/C=C\C/C=C\C/C=C\C/C=C\CCCCCCCCC(=O)OCC(COP(=O)(O)OCC(O)COP(=O)(O)OCC(COC(=O)CCCCCCCC/C=C\C/C=C\C/C=C\CCCCC)OC(=O)CCCCCCC/C=C\CCCCCC)OC(=O)CCCCCCCC/C=C\C/C=C\C/C=C\CCCCC. The Kier molecular flexibility index (Phi) is 78.6. The van der Waals surface area contributed by atoms with Gasteiger partial charge < -0.3 is 33.8 Å². The average molecular weight is 1580 g/mol. The molecule has 17 nitrogen and oxygen atoms in total. The molecule has 0 saturated heterocycles. The summed E-state index contributed by atoms with van der Waals surface area (Å²) in [6, 6.07) is 0. The predicted molar refractivity (Wildman–Crippen MR) is 454 cm³/mol. The van der Waals surface area contributed by atoms with E-state index >= 15 is 0 Å². The molecule has 0 rings (SSSR count). The standard InChI is InChI=1S/C91H156O17P2/c1-5-9-13-17-21-25-29-33-36-39-42-45-48-52-55-59-63-67-71-75-88(93)101-81-86(107-90(95)77-73-69-65-61-57-51-32-28-24-20-16-12-8-4)83-105-109(97,98)103-79-85(92)80-104-110(99,100)106-84-87(108-91(96)78-74-70-66-62-58-54-50-47-44-41-38-35-31-27-23-19-15-11-7-3)82-102-89(94)76-72-68-64-60-56-53-49-46-43-40-37-34-30-26-22-18-14-10-6-2/h10,14,21-23,25-28,32-38,42-47,85-87,92H,5-9,11-13,15-20,24,29-31,39-41,48-84H2,1-4H3,(H,97,98)(H,99,100)/b14-10-,25-21-,26-22-,27-23-,32-28-,36-33-,37-34-,38-35-,45-42-,46-43-,47-44-. The highest BCUT2D eigenvalue weighted by Crippen LogP contribution is 2.45. The number of carbonyl (C=O) groups excluding carboxylic acids is 4. The van der Waals surface area contributed by atoms with Crippen LogP contribution in [-0.2, 0) is 65.4 Å². The Balaban J connectivity index is 5.40. The van der Waals surface area contributed by atoms with Crippen LogP contribution in [0.4, 0.5) is 0 Å². The van der Waals surface area contributed by atoms with E-state index in [2.05, 4.69) is 161 Å². The third-order valence-corrected chi connectivity index (χ3v) is 20.0. The van der Waals surface area contributed by atoms with Crippen molar-refractivity contribution in [2.75, 3.05) is 39.6 Å². The number of ether oxygens (including phenoxy) is 4. The van der Waals surface area contributed by atoms with Crippen molar-refractivity contribution in [3.8, 4) is 0 Å². The van der Waals surface area contributed by atoms with Gasteiger partial charge in [0.1, 0.15) is 19.3 Å². The fourth-order valence-electron chi connectivity index (χ4n) is 11.5. The van der Waals surface area contributed by atoms with Crippen LogP contribution in [0.15, 0.2) is 134 Å². The first kappa shape index (κ1) is 105. The van der Waals surface area contributed by atoms with Gasteiger partial charge in [0.25, 0.3) is 0 Å². The minimum atomic E-state index is -4.99. The lowest BCUT2D eigenvalue weighted by molar-refractivity contribution is -0.161. The fraction of sp³-hybridized carbons (Fsp3) is 0.714. The molecule has 0 aliphatic rings. The second-order valence-corrected chi connectivity index (χ2v) is 31.6. The van der Waals surface area contributed by atoms with Crippen molar-refractivity contribution >= 4 is 39.5 Å². The third-order valence-electron chi connectivity index (χ3n) is 18.1. The molecule has 110 heavy (non-hydrogen) atoms. The smallest absolute Gasteiger partial charge is 0.462 e. The number of rotatable bonds is 81. The number of aliphatic hydroxyl groups excluding tert-OH is 1. The van der Waals surface area contributed by atoms with E-state index < -0.39 is 97.5 Å². The van der Waals surface area contributed by atoms with Crippen LogP contribution in [0, 0.1) is 0 Å². The Morgan fingerprint density at radius 2 is 0.473 bits per heavy atom. The minimum absolute atomic E-state index is 0.0740. The highest BCUT2D eigenvalue weighted by Gasteiger charge is 2.30. The maximum absolute atomic E-state index is 13.2. The van der Waals surface area contributed by atoms with Gasteiger partial charge in [0.05, 0.1) is 26.4 Å². The molecule has 5 unspecified atom stereocenters. The van der Waals surface area contributed by atoms with Gasteiger partial charge in [-0.25, -0.2) is 9.13 Å². The lowest BCUT2D eigenvalue weighted by Gasteiger charge is -2.21. The molecular formula is C91H156O17P2. The van der Waals surface area contributed by atoms with E-state index in [4.69, 9.17) is 37.0 Å². The van der Waals surface area contributed by atoms with E-state index in [0.29, 0.717) is 25.7 Å². The van der Waals surface area contributed by atoms with Crippen molar-refractivity contribution in [2.45, 2.75) is 380 Å². The number of phosphoric ester groups is 2. The van der Waals surface area contributed by atoms with Gasteiger partial charge in [-0.1, -0.05) is 303 Å². The first-order chi connectivity index (χ1) is 53.7. The molecule has 0 amide bonds. The van der Waals surface area contributed by atoms with Crippen molar-refractivity contribution < 1.29 is 80.2 Å². The van der Waals surface area contributed by atoms with Crippen molar-refractivity contribution in [1.29, 1.82) is 0 Å². The zero-order valence-corrected chi connectivity index (χ0v) is 71.2. The van der Waals surface area contributed by atoms with E-state index in [0.717, 1.165) is 218 Å². The molecule has 3 N–H and O–H groups in total. The molecular weight excluding hydrogens is 1430 g/mol. The fourth-order valence-corrected chi connectivity index (χ4v) is 13.0. The molecule has 0 fully saturated rings. The number of unbranched alkanes of at least 4 members (excludes halogenated alkanes) is 33. The number of carbonyl (C=O) groups is 4. The van der Waals surface area contributed by atoms with E-state index in [1.54, 1.807) is 0 Å². The number of hydrogen-bond donors (Lipinski definition) is 3. The average Bonchev–Trinajstić information content (AvgIpc) is 0.900. The molecule has 0 bridgehead atoms. The summed E-state index contributed by atoms with van der Waals surface area (Å²) in [5.74, 6) is -2.22. The molecule has 0 spiro atoms. The summed E-state index contributed by atoms with van der Waals surface area (Å²) in [6.45, 7) is 4.68. The second kappa shape index (κ2) is 82.2. The zero-order chi connectivity index (χ0) is 80.3. The molecule has 0 aromatic heterocycles. The monoisotopic (exact) mass is 1580 g/mol. The maximum Gasteiger partial charge on any atom is 0.472 e. The summed E-state index contributed by atoms with van der Waals surface area (Å²) in [6.07, 6.45) is 94.0. The molecule has 0 saturated carbocycles. The summed E-state index contributed by atoms with van der Waals surface area (Å²) >= 11 is 0. The van der Waals surface area contributed by atoms with Crippen molar-refractivity contribution in [3.63, 3.8) is 0 Å². The molecule has 0 aromatic carbocycles. The largest absolute Gasteiger partial charge is 0.472 e. The Morgan fingerprint density at radius 3 is 0.755 bits per heavy atom. The van der Waals surface area contributed by atoms with E-state index in [1.807, 2.05) is 0 Å². The van der Waals surface area contributed by atoms with Crippen molar-refractivity contribution in [3.05, 3.63) is 134 Å². The summed E-state index contributed by atoms with van der Waals surface area (Å²) in [7, 11) is -9.98. The Labute approximate surface area is 669 Å². The van der Waals surface area contributed by atoms with Crippen LogP contribution in [0.5, 0.6) is 0 Å².